The maximum Gasteiger partial charge on any atom is 0.164 e. The number of rotatable bonds is 6. The Bertz CT molecular complexity index is 2980. The fraction of sp³-hybridized carbons (Fsp3) is 0. The molecule has 0 aliphatic rings. The summed E-state index contributed by atoms with van der Waals surface area (Å²) in [5.41, 5.74) is 9.95. The molecule has 0 N–H and O–H groups in total. The molecule has 0 bridgehead atoms. The van der Waals surface area contributed by atoms with Gasteiger partial charge in [0, 0.05) is 16.7 Å². The van der Waals surface area contributed by atoms with Crippen LogP contribution < -0.4 is 0 Å². The SMILES string of the molecule is c1ccc(-c2cccc3cc(-c4nc(-c5cccc(-c6ccc(-c7ccccc7)c7ccccc67)c5)nc(-c5cccc6ccccc56)n4)ccc23)cc1. The van der Waals surface area contributed by atoms with Crippen LogP contribution >= 0.6 is 0 Å². The summed E-state index contributed by atoms with van der Waals surface area (Å²) in [5.74, 6) is 1.92. The Kier molecular flexibility index (Phi) is 7.81. The van der Waals surface area contributed by atoms with Crippen molar-refractivity contribution in [1.29, 1.82) is 0 Å². The van der Waals surface area contributed by atoms with Gasteiger partial charge in [0.25, 0.3) is 0 Å². The second kappa shape index (κ2) is 13.4. The predicted octanol–water partition coefficient (Wildman–Crippen LogP) is 13.3. The first-order chi connectivity index (χ1) is 26.8. The molecule has 3 nitrogen and oxygen atoms in total. The van der Waals surface area contributed by atoms with Gasteiger partial charge in [0.15, 0.2) is 17.5 Å². The third-order valence-electron chi connectivity index (χ3n) is 10.3. The molecule has 0 spiro atoms. The molecule has 252 valence electrons. The lowest BCUT2D eigenvalue weighted by Gasteiger charge is -2.14. The summed E-state index contributed by atoms with van der Waals surface area (Å²) < 4.78 is 0. The summed E-state index contributed by atoms with van der Waals surface area (Å²) >= 11 is 0. The zero-order chi connectivity index (χ0) is 35.8. The van der Waals surface area contributed by atoms with Gasteiger partial charge >= 0.3 is 0 Å². The zero-order valence-corrected chi connectivity index (χ0v) is 29.4. The largest absolute Gasteiger partial charge is 0.208 e. The lowest BCUT2D eigenvalue weighted by molar-refractivity contribution is 1.08. The van der Waals surface area contributed by atoms with Gasteiger partial charge in [0.05, 0.1) is 0 Å². The van der Waals surface area contributed by atoms with E-state index in [1.807, 2.05) is 0 Å². The molecule has 1 aromatic heterocycles. The van der Waals surface area contributed by atoms with Crippen LogP contribution in [0.1, 0.15) is 0 Å². The molecular weight excluding hydrogens is 655 g/mol. The fourth-order valence-electron chi connectivity index (χ4n) is 7.71. The smallest absolute Gasteiger partial charge is 0.164 e. The molecule has 0 radical (unpaired) electrons. The molecule has 54 heavy (non-hydrogen) atoms. The van der Waals surface area contributed by atoms with Crippen molar-refractivity contribution in [3.8, 4) is 67.5 Å². The van der Waals surface area contributed by atoms with Crippen LogP contribution in [0.5, 0.6) is 0 Å². The van der Waals surface area contributed by atoms with E-state index in [0.717, 1.165) is 38.4 Å². The lowest BCUT2D eigenvalue weighted by Crippen LogP contribution is -2.01. The van der Waals surface area contributed by atoms with Crippen molar-refractivity contribution in [1.82, 2.24) is 15.0 Å². The monoisotopic (exact) mass is 687 g/mol. The standard InChI is InChI=1S/C51H33N3/c1-3-14-34(15-4-1)41-26-13-21-37-33-40(28-29-44(37)41)50-52-49(53-51(54-50)48-27-12-19-36-18-7-8-23-42(36)48)39-22-11-20-38(32-39)45-31-30-43(35-16-5-2-6-17-35)46-24-9-10-25-47(45)46/h1-33H. The minimum Gasteiger partial charge on any atom is -0.208 e. The predicted molar refractivity (Wildman–Crippen MR) is 225 cm³/mol. The Morgan fingerprint density at radius 2 is 0.667 bits per heavy atom. The highest BCUT2D eigenvalue weighted by Crippen LogP contribution is 2.38. The Hall–Kier alpha value is -7.23. The average Bonchev–Trinajstić information content (AvgIpc) is 3.26. The molecule has 0 atom stereocenters. The minimum absolute atomic E-state index is 0.633. The van der Waals surface area contributed by atoms with Crippen LogP contribution in [-0.2, 0) is 0 Å². The number of nitrogens with zero attached hydrogens (tertiary/aromatic N) is 3. The molecule has 3 heteroatoms. The van der Waals surface area contributed by atoms with Gasteiger partial charge < -0.3 is 0 Å². The van der Waals surface area contributed by atoms with E-state index in [9.17, 15) is 0 Å². The van der Waals surface area contributed by atoms with E-state index >= 15 is 0 Å². The quantitative estimate of drug-likeness (QED) is 0.175. The van der Waals surface area contributed by atoms with Crippen LogP contribution in [-0.4, -0.2) is 15.0 Å². The third-order valence-corrected chi connectivity index (χ3v) is 10.3. The van der Waals surface area contributed by atoms with Crippen LogP contribution in [0.15, 0.2) is 200 Å². The van der Waals surface area contributed by atoms with E-state index in [1.54, 1.807) is 0 Å². The number of benzene rings is 9. The molecule has 9 aromatic carbocycles. The van der Waals surface area contributed by atoms with Gasteiger partial charge in [0.1, 0.15) is 0 Å². The molecule has 0 saturated heterocycles. The number of hydrogen-bond donors (Lipinski definition) is 0. The number of aromatic nitrogens is 3. The second-order valence-corrected chi connectivity index (χ2v) is 13.6. The van der Waals surface area contributed by atoms with Crippen molar-refractivity contribution in [3.63, 3.8) is 0 Å². The molecule has 0 aliphatic heterocycles. The minimum atomic E-state index is 0.633. The number of fused-ring (bicyclic) bond motifs is 3. The Labute approximate surface area is 313 Å². The topological polar surface area (TPSA) is 38.7 Å². The van der Waals surface area contributed by atoms with Gasteiger partial charge in [-0.3, -0.25) is 0 Å². The highest BCUT2D eigenvalue weighted by atomic mass is 15.0. The van der Waals surface area contributed by atoms with Gasteiger partial charge in [-0.1, -0.05) is 188 Å². The molecule has 0 fully saturated rings. The van der Waals surface area contributed by atoms with Crippen molar-refractivity contribution in [2.75, 3.05) is 0 Å². The fourth-order valence-corrected chi connectivity index (χ4v) is 7.71. The van der Waals surface area contributed by atoms with Gasteiger partial charge in [-0.2, -0.15) is 0 Å². The van der Waals surface area contributed by atoms with E-state index in [1.165, 1.54) is 44.0 Å². The first kappa shape index (κ1) is 31.5. The van der Waals surface area contributed by atoms with Crippen molar-refractivity contribution >= 4 is 32.3 Å². The van der Waals surface area contributed by atoms with E-state index in [4.69, 9.17) is 15.0 Å². The highest BCUT2D eigenvalue weighted by molar-refractivity contribution is 6.05. The molecule has 0 aliphatic carbocycles. The van der Waals surface area contributed by atoms with E-state index in [2.05, 4.69) is 200 Å². The van der Waals surface area contributed by atoms with E-state index < -0.39 is 0 Å². The summed E-state index contributed by atoms with van der Waals surface area (Å²) in [5, 5.41) is 7.00. The Balaban J connectivity index is 1.14. The molecule has 10 rings (SSSR count). The van der Waals surface area contributed by atoms with E-state index in [0.29, 0.717) is 17.5 Å². The van der Waals surface area contributed by atoms with Crippen molar-refractivity contribution in [2.24, 2.45) is 0 Å². The lowest BCUT2D eigenvalue weighted by atomic mass is 9.91. The van der Waals surface area contributed by atoms with Gasteiger partial charge in [-0.15, -0.1) is 0 Å². The highest BCUT2D eigenvalue weighted by Gasteiger charge is 2.17. The molecular formula is C51H33N3. The van der Waals surface area contributed by atoms with Crippen LogP contribution in [0, 0.1) is 0 Å². The summed E-state index contributed by atoms with van der Waals surface area (Å²) in [6.45, 7) is 0. The van der Waals surface area contributed by atoms with Crippen LogP contribution in [0.25, 0.3) is 99.9 Å². The first-order valence-electron chi connectivity index (χ1n) is 18.3. The zero-order valence-electron chi connectivity index (χ0n) is 29.4. The van der Waals surface area contributed by atoms with Crippen molar-refractivity contribution in [3.05, 3.63) is 200 Å². The Morgan fingerprint density at radius 3 is 1.37 bits per heavy atom. The third kappa shape index (κ3) is 5.69. The maximum atomic E-state index is 5.20. The summed E-state index contributed by atoms with van der Waals surface area (Å²) in [4.78, 5) is 15.6. The van der Waals surface area contributed by atoms with Crippen LogP contribution in [0.4, 0.5) is 0 Å². The first-order valence-corrected chi connectivity index (χ1v) is 18.3. The second-order valence-electron chi connectivity index (χ2n) is 13.6. The van der Waals surface area contributed by atoms with Gasteiger partial charge in [0.2, 0.25) is 0 Å². The molecule has 0 unspecified atom stereocenters. The van der Waals surface area contributed by atoms with Gasteiger partial charge in [-0.25, -0.2) is 15.0 Å². The average molecular weight is 688 g/mol. The van der Waals surface area contributed by atoms with Gasteiger partial charge in [-0.05, 0) is 77.8 Å². The normalized spacial score (nSPS) is 11.3. The van der Waals surface area contributed by atoms with E-state index in [-0.39, 0.29) is 0 Å². The van der Waals surface area contributed by atoms with Crippen LogP contribution in [0.3, 0.4) is 0 Å². The number of hydrogen-bond acceptors (Lipinski definition) is 3. The Morgan fingerprint density at radius 1 is 0.222 bits per heavy atom. The van der Waals surface area contributed by atoms with Crippen molar-refractivity contribution in [2.45, 2.75) is 0 Å². The summed E-state index contributed by atoms with van der Waals surface area (Å²) in [6, 6.07) is 70.6. The summed E-state index contributed by atoms with van der Waals surface area (Å²) in [6.07, 6.45) is 0. The molecule has 0 saturated carbocycles. The van der Waals surface area contributed by atoms with Crippen LogP contribution in [0.2, 0.25) is 0 Å². The molecule has 0 amide bonds. The molecule has 1 heterocycles. The van der Waals surface area contributed by atoms with Crippen molar-refractivity contribution < 1.29 is 0 Å². The molecule has 10 aromatic rings. The maximum absolute atomic E-state index is 5.20. The summed E-state index contributed by atoms with van der Waals surface area (Å²) in [7, 11) is 0.